The normalized spacial score (nSPS) is 18.8. The molecule has 2 aliphatic rings. The molecule has 4 aromatic rings. The molecular weight excluding hydrogens is 402 g/mol. The number of benzene rings is 1. The zero-order chi connectivity index (χ0) is 21.7. The summed E-state index contributed by atoms with van der Waals surface area (Å²) in [7, 11) is 0. The van der Waals surface area contributed by atoms with Crippen molar-refractivity contribution in [3.05, 3.63) is 47.9 Å². The number of rotatable bonds is 4. The van der Waals surface area contributed by atoms with E-state index >= 15 is 0 Å². The van der Waals surface area contributed by atoms with Crippen molar-refractivity contribution in [1.29, 1.82) is 0 Å². The number of hydrogen-bond donors (Lipinski definition) is 2. The van der Waals surface area contributed by atoms with Crippen LogP contribution in [0.4, 0.5) is 5.82 Å². The van der Waals surface area contributed by atoms with E-state index < -0.39 is 0 Å². The Hall–Kier alpha value is -3.32. The van der Waals surface area contributed by atoms with Gasteiger partial charge in [0.05, 0.1) is 5.56 Å². The fraction of sp³-hybridized carbons (Fsp3) is 0.360. The molecule has 2 N–H and O–H groups in total. The van der Waals surface area contributed by atoms with Gasteiger partial charge in [-0.05, 0) is 68.8 Å². The maximum absolute atomic E-state index is 12.2. The van der Waals surface area contributed by atoms with Crippen molar-refractivity contribution < 1.29 is 9.21 Å². The maximum Gasteiger partial charge on any atom is 0.229 e. The van der Waals surface area contributed by atoms with Crippen molar-refractivity contribution in [2.24, 2.45) is 5.92 Å². The first-order chi connectivity index (χ1) is 15.7. The Morgan fingerprint density at radius 3 is 2.84 bits per heavy atom. The van der Waals surface area contributed by atoms with E-state index in [0.29, 0.717) is 17.6 Å². The van der Waals surface area contributed by atoms with Gasteiger partial charge in [0, 0.05) is 41.3 Å². The number of hydrogen-bond acceptors (Lipinski definition) is 6. The lowest BCUT2D eigenvalue weighted by molar-refractivity contribution is -0.117. The molecule has 1 aliphatic heterocycles. The van der Waals surface area contributed by atoms with Gasteiger partial charge in [0.15, 0.2) is 5.58 Å². The zero-order valence-electron chi connectivity index (χ0n) is 18.0. The molecule has 0 spiro atoms. The minimum absolute atomic E-state index is 0.0378. The van der Waals surface area contributed by atoms with Crippen LogP contribution in [0.15, 0.2) is 41.1 Å². The number of pyridine rings is 2. The molecule has 1 aliphatic carbocycles. The van der Waals surface area contributed by atoms with E-state index in [2.05, 4.69) is 32.7 Å². The van der Waals surface area contributed by atoms with E-state index in [4.69, 9.17) is 9.40 Å². The molecule has 7 heteroatoms. The molecule has 1 saturated carbocycles. The predicted molar refractivity (Wildman–Crippen MR) is 123 cm³/mol. The van der Waals surface area contributed by atoms with Crippen molar-refractivity contribution in [3.63, 3.8) is 0 Å². The standard InChI is InChI=1S/C25H25N5O2/c1-14-19-12-28-23(30-24(31)15-4-5-15)10-18(19)20(13-27-14)25-29-21-9-16(6-7-22(21)32-25)17-3-2-8-26-11-17/h6-7,9-10,12-13,15,17,26H,2-5,8,11H2,1H3,(H,28,30,31)/t17-/m0/s1. The fourth-order valence-electron chi connectivity index (χ4n) is 4.53. The first-order valence-electron chi connectivity index (χ1n) is 11.3. The Morgan fingerprint density at radius 2 is 2.03 bits per heavy atom. The van der Waals surface area contributed by atoms with Crippen molar-refractivity contribution in [3.8, 4) is 11.5 Å². The summed E-state index contributed by atoms with van der Waals surface area (Å²) in [6, 6.07) is 8.21. The topological polar surface area (TPSA) is 92.9 Å². The van der Waals surface area contributed by atoms with Gasteiger partial charge in [0.2, 0.25) is 11.8 Å². The molecule has 1 amide bonds. The van der Waals surface area contributed by atoms with Gasteiger partial charge in [0.1, 0.15) is 11.3 Å². The first kappa shape index (κ1) is 19.4. The van der Waals surface area contributed by atoms with Crippen LogP contribution in [0.1, 0.15) is 42.9 Å². The second kappa shape index (κ2) is 7.67. The van der Waals surface area contributed by atoms with Gasteiger partial charge in [-0.1, -0.05) is 6.07 Å². The lowest BCUT2D eigenvalue weighted by Crippen LogP contribution is -2.28. The van der Waals surface area contributed by atoms with Crippen LogP contribution in [0.5, 0.6) is 0 Å². The molecule has 0 bridgehead atoms. The number of aromatic nitrogens is 3. The number of carbonyl (C=O) groups excluding carboxylic acids is 1. The van der Waals surface area contributed by atoms with E-state index in [-0.39, 0.29) is 11.8 Å². The highest BCUT2D eigenvalue weighted by molar-refractivity contribution is 6.00. The van der Waals surface area contributed by atoms with E-state index in [1.165, 1.54) is 18.4 Å². The lowest BCUT2D eigenvalue weighted by atomic mass is 9.91. The van der Waals surface area contributed by atoms with Gasteiger partial charge in [-0.25, -0.2) is 9.97 Å². The number of fused-ring (bicyclic) bond motifs is 2. The number of anilines is 1. The van der Waals surface area contributed by atoms with Crippen LogP contribution in [0.3, 0.4) is 0 Å². The Morgan fingerprint density at radius 1 is 1.12 bits per heavy atom. The molecule has 0 unspecified atom stereocenters. The molecule has 32 heavy (non-hydrogen) atoms. The monoisotopic (exact) mass is 427 g/mol. The van der Waals surface area contributed by atoms with Gasteiger partial charge >= 0.3 is 0 Å². The van der Waals surface area contributed by atoms with E-state index in [0.717, 1.165) is 59.1 Å². The van der Waals surface area contributed by atoms with Crippen LogP contribution in [0.25, 0.3) is 33.3 Å². The van der Waals surface area contributed by atoms with Crippen LogP contribution in [0, 0.1) is 12.8 Å². The van der Waals surface area contributed by atoms with E-state index in [1.807, 2.05) is 19.1 Å². The van der Waals surface area contributed by atoms with Crippen LogP contribution in [0.2, 0.25) is 0 Å². The molecule has 1 saturated heterocycles. The molecule has 4 heterocycles. The Kier molecular flexibility index (Phi) is 4.64. The van der Waals surface area contributed by atoms with Crippen molar-refractivity contribution in [2.75, 3.05) is 18.4 Å². The van der Waals surface area contributed by atoms with Gasteiger partial charge in [-0.2, -0.15) is 0 Å². The Bertz CT molecular complexity index is 1340. The minimum Gasteiger partial charge on any atom is -0.436 e. The van der Waals surface area contributed by atoms with Gasteiger partial charge in [-0.3, -0.25) is 9.78 Å². The quantitative estimate of drug-likeness (QED) is 0.496. The zero-order valence-corrected chi connectivity index (χ0v) is 18.0. The highest BCUT2D eigenvalue weighted by atomic mass is 16.3. The number of nitrogens with one attached hydrogen (secondary N) is 2. The summed E-state index contributed by atoms with van der Waals surface area (Å²) in [5.74, 6) is 1.75. The molecule has 3 aromatic heterocycles. The molecule has 0 radical (unpaired) electrons. The molecule has 7 nitrogen and oxygen atoms in total. The Balaban J connectivity index is 1.40. The second-order valence-electron chi connectivity index (χ2n) is 8.93. The van der Waals surface area contributed by atoms with Crippen LogP contribution in [-0.2, 0) is 4.79 Å². The number of carbonyl (C=O) groups is 1. The molecule has 2 fully saturated rings. The predicted octanol–water partition coefficient (Wildman–Crippen LogP) is 4.56. The number of oxazole rings is 1. The SMILES string of the molecule is Cc1ncc(-c2nc3cc([C@H]4CCCNC4)ccc3o2)c2cc(NC(=O)C3CC3)ncc12. The largest absolute Gasteiger partial charge is 0.436 e. The fourth-order valence-corrected chi connectivity index (χ4v) is 4.53. The minimum atomic E-state index is 0.0378. The Labute approximate surface area is 185 Å². The summed E-state index contributed by atoms with van der Waals surface area (Å²) in [4.78, 5) is 26.0. The summed E-state index contributed by atoms with van der Waals surface area (Å²) in [5.41, 5.74) is 4.59. The first-order valence-corrected chi connectivity index (χ1v) is 11.3. The van der Waals surface area contributed by atoms with Gasteiger partial charge in [0.25, 0.3) is 0 Å². The smallest absolute Gasteiger partial charge is 0.229 e. The third kappa shape index (κ3) is 3.52. The van der Waals surface area contributed by atoms with Gasteiger partial charge < -0.3 is 15.1 Å². The van der Waals surface area contributed by atoms with Crippen LogP contribution < -0.4 is 10.6 Å². The number of nitrogens with zero attached hydrogens (tertiary/aromatic N) is 3. The van der Waals surface area contributed by atoms with E-state index in [9.17, 15) is 4.79 Å². The summed E-state index contributed by atoms with van der Waals surface area (Å²) in [6.45, 7) is 4.05. The third-order valence-corrected chi connectivity index (χ3v) is 6.58. The van der Waals surface area contributed by atoms with Crippen LogP contribution >= 0.6 is 0 Å². The summed E-state index contributed by atoms with van der Waals surface area (Å²) in [6.07, 6.45) is 7.85. The molecule has 6 rings (SSSR count). The summed E-state index contributed by atoms with van der Waals surface area (Å²) < 4.78 is 6.14. The number of amides is 1. The average Bonchev–Trinajstić information content (AvgIpc) is 3.59. The number of piperidine rings is 1. The van der Waals surface area contributed by atoms with Crippen LogP contribution in [-0.4, -0.2) is 33.9 Å². The van der Waals surface area contributed by atoms with Gasteiger partial charge in [-0.15, -0.1) is 0 Å². The number of aryl methyl sites for hydroxylation is 1. The molecule has 1 atom stereocenters. The third-order valence-electron chi connectivity index (χ3n) is 6.58. The molecule has 162 valence electrons. The second-order valence-corrected chi connectivity index (χ2v) is 8.93. The molecular formula is C25H25N5O2. The van der Waals surface area contributed by atoms with E-state index in [1.54, 1.807) is 12.4 Å². The van der Waals surface area contributed by atoms with Crippen molar-refractivity contribution >= 4 is 33.6 Å². The highest BCUT2D eigenvalue weighted by Gasteiger charge is 2.30. The maximum atomic E-state index is 12.2. The van der Waals surface area contributed by atoms with Crippen molar-refractivity contribution in [1.82, 2.24) is 20.3 Å². The summed E-state index contributed by atoms with van der Waals surface area (Å²) >= 11 is 0. The average molecular weight is 428 g/mol. The lowest BCUT2D eigenvalue weighted by Gasteiger charge is -2.22. The summed E-state index contributed by atoms with van der Waals surface area (Å²) in [5, 5.41) is 8.25. The molecule has 1 aromatic carbocycles. The van der Waals surface area contributed by atoms with Crippen molar-refractivity contribution in [2.45, 2.75) is 38.5 Å². The highest BCUT2D eigenvalue weighted by Crippen LogP contribution is 2.34.